The minimum atomic E-state index is -0.387. The number of amides is 2. The van der Waals surface area contributed by atoms with Crippen LogP contribution in [-0.4, -0.2) is 28.7 Å². The number of ether oxygens (including phenoxy) is 1. The molecule has 1 saturated heterocycles. The molecule has 25 heavy (non-hydrogen) atoms. The maximum Gasteiger partial charge on any atom is 0.290 e. The number of nitrogens with zero attached hydrogens (tertiary/aromatic N) is 1. The van der Waals surface area contributed by atoms with Crippen molar-refractivity contribution in [3.05, 3.63) is 70.6 Å². The number of carbonyl (C=O) groups excluding carboxylic acids is 2. The van der Waals surface area contributed by atoms with E-state index in [0.29, 0.717) is 16.4 Å². The van der Waals surface area contributed by atoms with Gasteiger partial charge in [-0.15, -0.1) is 0 Å². The Kier molecular flexibility index (Phi) is 5.15. The van der Waals surface area contributed by atoms with Crippen LogP contribution in [0, 0.1) is 0 Å². The fraction of sp³-hybridized carbons (Fsp3) is 0.0556. The van der Waals surface area contributed by atoms with E-state index in [-0.39, 0.29) is 17.8 Å². The molecule has 0 aliphatic carbocycles. The highest BCUT2D eigenvalue weighted by Gasteiger charge is 2.24. The van der Waals surface area contributed by atoms with Gasteiger partial charge in [-0.25, -0.2) is 0 Å². The minimum absolute atomic E-state index is 0.119. The molecular formula is C18H14N2O4S. The van der Waals surface area contributed by atoms with E-state index in [9.17, 15) is 9.59 Å². The van der Waals surface area contributed by atoms with Crippen molar-refractivity contribution in [3.63, 3.8) is 0 Å². The first-order chi connectivity index (χ1) is 12.2. The average molecular weight is 354 g/mol. The summed E-state index contributed by atoms with van der Waals surface area (Å²) >= 11 is 0.874. The lowest BCUT2D eigenvalue weighted by Gasteiger charge is -2.08. The molecule has 1 heterocycles. The molecule has 1 fully saturated rings. The largest absolute Gasteiger partial charge is 0.487 e. The first kappa shape index (κ1) is 16.8. The molecule has 2 amide bonds. The Hall–Kier alpha value is -3.06. The summed E-state index contributed by atoms with van der Waals surface area (Å²) < 4.78 is 5.63. The van der Waals surface area contributed by atoms with Gasteiger partial charge >= 0.3 is 0 Å². The number of thioether (sulfide) groups is 1. The molecule has 7 heteroatoms. The summed E-state index contributed by atoms with van der Waals surface area (Å²) in [5, 5.41) is 14.3. The van der Waals surface area contributed by atoms with Gasteiger partial charge in [0, 0.05) is 5.56 Å². The summed E-state index contributed by atoms with van der Waals surface area (Å²) in [5.41, 5.74) is 1.98. The highest BCUT2D eigenvalue weighted by molar-refractivity contribution is 8.18. The van der Waals surface area contributed by atoms with E-state index in [2.05, 4.69) is 10.5 Å². The Balaban J connectivity index is 1.64. The van der Waals surface area contributed by atoms with Gasteiger partial charge in [-0.05, 0) is 35.5 Å². The van der Waals surface area contributed by atoms with E-state index < -0.39 is 0 Å². The van der Waals surface area contributed by atoms with Crippen LogP contribution in [0.25, 0.3) is 6.08 Å². The van der Waals surface area contributed by atoms with E-state index in [1.165, 1.54) is 0 Å². The first-order valence-corrected chi connectivity index (χ1v) is 8.21. The zero-order valence-corrected chi connectivity index (χ0v) is 13.8. The number of hydrogen-bond donors (Lipinski definition) is 2. The van der Waals surface area contributed by atoms with Gasteiger partial charge in [0.05, 0.1) is 4.91 Å². The van der Waals surface area contributed by atoms with Crippen molar-refractivity contribution in [3.8, 4) is 5.75 Å². The first-order valence-electron chi connectivity index (χ1n) is 7.40. The summed E-state index contributed by atoms with van der Waals surface area (Å²) in [6.07, 6.45) is 1.64. The SMILES string of the molecule is O=C1NC(=O)/C(=C\c2ccc(OC/C(=N/O)c3ccccc3)cc2)S1. The zero-order valence-electron chi connectivity index (χ0n) is 13.0. The minimum Gasteiger partial charge on any atom is -0.487 e. The monoisotopic (exact) mass is 354 g/mol. The van der Waals surface area contributed by atoms with Crippen molar-refractivity contribution < 1.29 is 19.5 Å². The average Bonchev–Trinajstić information content (AvgIpc) is 2.95. The molecule has 0 saturated carbocycles. The Morgan fingerprint density at radius 1 is 1.12 bits per heavy atom. The molecule has 0 spiro atoms. The fourth-order valence-electron chi connectivity index (χ4n) is 2.18. The molecule has 1 aliphatic heterocycles. The third-order valence-corrected chi connectivity index (χ3v) is 4.23. The molecule has 0 atom stereocenters. The van der Waals surface area contributed by atoms with Gasteiger partial charge in [-0.1, -0.05) is 47.6 Å². The Morgan fingerprint density at radius 2 is 1.84 bits per heavy atom. The number of hydrogen-bond acceptors (Lipinski definition) is 6. The second-order valence-electron chi connectivity index (χ2n) is 5.12. The summed E-state index contributed by atoms with van der Waals surface area (Å²) in [7, 11) is 0. The lowest BCUT2D eigenvalue weighted by atomic mass is 10.1. The lowest BCUT2D eigenvalue weighted by Crippen LogP contribution is -2.17. The van der Waals surface area contributed by atoms with Crippen LogP contribution < -0.4 is 10.1 Å². The lowest BCUT2D eigenvalue weighted by molar-refractivity contribution is -0.115. The van der Waals surface area contributed by atoms with Gasteiger partial charge in [0.2, 0.25) is 0 Å². The Bertz CT molecular complexity index is 845. The highest BCUT2D eigenvalue weighted by atomic mass is 32.2. The van der Waals surface area contributed by atoms with E-state index in [4.69, 9.17) is 9.94 Å². The topological polar surface area (TPSA) is 88.0 Å². The summed E-state index contributed by atoms with van der Waals surface area (Å²) in [6.45, 7) is 0.119. The Morgan fingerprint density at radius 3 is 2.44 bits per heavy atom. The molecule has 2 N–H and O–H groups in total. The maximum absolute atomic E-state index is 11.5. The molecule has 6 nitrogen and oxygen atoms in total. The number of carbonyl (C=O) groups is 2. The molecule has 1 aliphatic rings. The number of oxime groups is 1. The predicted molar refractivity (Wildman–Crippen MR) is 95.8 cm³/mol. The Labute approximate surface area is 148 Å². The third kappa shape index (κ3) is 4.27. The maximum atomic E-state index is 11.5. The molecule has 2 aromatic rings. The van der Waals surface area contributed by atoms with Crippen LogP contribution in [0.4, 0.5) is 4.79 Å². The zero-order chi connectivity index (χ0) is 17.6. The van der Waals surface area contributed by atoms with Gasteiger partial charge in [-0.2, -0.15) is 0 Å². The van der Waals surface area contributed by atoms with E-state index in [1.54, 1.807) is 30.3 Å². The van der Waals surface area contributed by atoms with E-state index in [0.717, 1.165) is 22.9 Å². The number of imide groups is 1. The molecule has 3 rings (SSSR count). The predicted octanol–water partition coefficient (Wildman–Crippen LogP) is 3.27. The molecule has 0 unspecified atom stereocenters. The number of rotatable bonds is 5. The van der Waals surface area contributed by atoms with Crippen molar-refractivity contribution in [1.29, 1.82) is 0 Å². The van der Waals surface area contributed by atoms with Crippen LogP contribution in [0.1, 0.15) is 11.1 Å². The normalized spacial score (nSPS) is 16.2. The summed E-state index contributed by atoms with van der Waals surface area (Å²) in [4.78, 5) is 23.0. The van der Waals surface area contributed by atoms with Crippen LogP contribution in [0.2, 0.25) is 0 Å². The van der Waals surface area contributed by atoms with Gasteiger partial charge in [0.25, 0.3) is 11.1 Å². The summed E-state index contributed by atoms with van der Waals surface area (Å²) in [5.74, 6) is 0.209. The quantitative estimate of drug-likeness (QED) is 0.372. The van der Waals surface area contributed by atoms with E-state index in [1.807, 2.05) is 30.3 Å². The molecule has 0 radical (unpaired) electrons. The van der Waals surface area contributed by atoms with Crippen LogP contribution in [-0.2, 0) is 4.79 Å². The third-order valence-electron chi connectivity index (χ3n) is 3.42. The van der Waals surface area contributed by atoms with Crippen molar-refractivity contribution in [2.24, 2.45) is 5.16 Å². The second-order valence-corrected chi connectivity index (χ2v) is 6.14. The molecule has 126 valence electrons. The standard InChI is InChI=1S/C18H14N2O4S/c21-17-16(25-18(22)19-17)10-12-6-8-14(9-7-12)24-11-15(20-23)13-4-2-1-3-5-13/h1-10,23H,11H2,(H,19,21,22)/b16-10+,20-15-. The van der Waals surface area contributed by atoms with Gasteiger partial charge in [0.1, 0.15) is 18.1 Å². The van der Waals surface area contributed by atoms with Crippen LogP contribution >= 0.6 is 11.8 Å². The van der Waals surface area contributed by atoms with Gasteiger partial charge in [0.15, 0.2) is 0 Å². The smallest absolute Gasteiger partial charge is 0.290 e. The van der Waals surface area contributed by atoms with Crippen LogP contribution in [0.15, 0.2) is 64.7 Å². The second kappa shape index (κ2) is 7.67. The molecule has 0 bridgehead atoms. The van der Waals surface area contributed by atoms with Crippen LogP contribution in [0.5, 0.6) is 5.75 Å². The number of benzene rings is 2. The highest BCUT2D eigenvalue weighted by Crippen LogP contribution is 2.26. The van der Waals surface area contributed by atoms with Crippen LogP contribution in [0.3, 0.4) is 0 Å². The fourth-order valence-corrected chi connectivity index (χ4v) is 2.87. The molecule has 2 aromatic carbocycles. The van der Waals surface area contributed by atoms with Gasteiger partial charge < -0.3 is 9.94 Å². The summed E-state index contributed by atoms with van der Waals surface area (Å²) in [6, 6.07) is 16.3. The van der Waals surface area contributed by atoms with Crippen molar-refractivity contribution in [2.45, 2.75) is 0 Å². The number of nitrogens with one attached hydrogen (secondary N) is 1. The molecule has 0 aromatic heterocycles. The van der Waals surface area contributed by atoms with Crippen molar-refractivity contribution >= 4 is 34.7 Å². The van der Waals surface area contributed by atoms with Gasteiger partial charge in [-0.3, -0.25) is 14.9 Å². The van der Waals surface area contributed by atoms with Crippen molar-refractivity contribution in [1.82, 2.24) is 5.32 Å². The van der Waals surface area contributed by atoms with Crippen molar-refractivity contribution in [2.75, 3.05) is 6.61 Å². The van der Waals surface area contributed by atoms with E-state index >= 15 is 0 Å². The molecular weight excluding hydrogens is 340 g/mol.